The van der Waals surface area contributed by atoms with Gasteiger partial charge in [0.2, 0.25) is 5.91 Å². The minimum absolute atomic E-state index is 0.0957. The number of aromatic nitrogens is 3. The number of hydrogen-bond donors (Lipinski definition) is 3. The van der Waals surface area contributed by atoms with Crippen LogP contribution in [-0.2, 0) is 11.3 Å². The average Bonchev–Trinajstić information content (AvgIpc) is 3.76. The summed E-state index contributed by atoms with van der Waals surface area (Å²) < 4.78 is 1.51. The molecule has 0 saturated carbocycles. The average molecular weight is 622 g/mol. The summed E-state index contributed by atoms with van der Waals surface area (Å²) in [6.07, 6.45) is 3.12. The Bertz CT molecular complexity index is 1820. The standard InChI is InChI=1S/C36H39N5O3S/c1-24-9-11-26(12-10-24)32(25-6-3-2-4-7-25)29-21-37-16-13-27(29)34(42)40-17-14-36(44,15-18-40)22-41-23-38-33-28(35(41)43)20-30(39-33)31-8-5-19-45-31/h2-12,19-20,23,27,29,32,37,39,44H,13-18,21-22H2,1H3/t27-,29+,32?/m1/s1. The molecule has 7 rings (SSSR count). The van der Waals surface area contributed by atoms with Crippen molar-refractivity contribution >= 4 is 28.3 Å². The second-order valence-corrected chi connectivity index (χ2v) is 13.7. The van der Waals surface area contributed by atoms with Crippen molar-refractivity contribution in [1.29, 1.82) is 0 Å². The molecule has 1 amide bonds. The molecule has 3 N–H and O–H groups in total. The third-order valence-corrected chi connectivity index (χ3v) is 10.6. The topological polar surface area (TPSA) is 103 Å². The van der Waals surface area contributed by atoms with Crippen LogP contribution < -0.4 is 10.9 Å². The molecular formula is C36H39N5O3S. The van der Waals surface area contributed by atoms with Gasteiger partial charge in [0.05, 0.1) is 34.4 Å². The highest BCUT2D eigenvalue weighted by Gasteiger charge is 2.42. The maximum absolute atomic E-state index is 14.2. The van der Waals surface area contributed by atoms with Gasteiger partial charge in [0, 0.05) is 24.9 Å². The second-order valence-electron chi connectivity index (χ2n) is 12.7. The third kappa shape index (κ3) is 6.00. The van der Waals surface area contributed by atoms with Gasteiger partial charge in [-0.25, -0.2) is 4.98 Å². The molecule has 8 nitrogen and oxygen atoms in total. The molecule has 5 heterocycles. The number of amides is 1. The van der Waals surface area contributed by atoms with E-state index in [1.165, 1.54) is 27.6 Å². The van der Waals surface area contributed by atoms with Gasteiger partial charge in [-0.2, -0.15) is 0 Å². The molecule has 2 aromatic carbocycles. The zero-order valence-corrected chi connectivity index (χ0v) is 26.3. The molecule has 2 fully saturated rings. The lowest BCUT2D eigenvalue weighted by Gasteiger charge is -2.43. The highest BCUT2D eigenvalue weighted by atomic mass is 32.1. The number of carbonyl (C=O) groups is 1. The van der Waals surface area contributed by atoms with Gasteiger partial charge < -0.3 is 20.3 Å². The number of nitrogens with zero attached hydrogens (tertiary/aromatic N) is 3. The summed E-state index contributed by atoms with van der Waals surface area (Å²) in [6.45, 7) is 4.75. The molecule has 5 aromatic rings. The van der Waals surface area contributed by atoms with Crippen LogP contribution in [0, 0.1) is 18.8 Å². The van der Waals surface area contributed by atoms with Gasteiger partial charge in [0.15, 0.2) is 0 Å². The molecule has 0 spiro atoms. The van der Waals surface area contributed by atoms with Crippen LogP contribution in [0.5, 0.6) is 0 Å². The van der Waals surface area contributed by atoms with Gasteiger partial charge >= 0.3 is 0 Å². The number of aliphatic hydroxyl groups is 1. The van der Waals surface area contributed by atoms with Crippen LogP contribution >= 0.6 is 11.3 Å². The number of H-pyrrole nitrogens is 1. The second kappa shape index (κ2) is 12.4. The number of thiophene rings is 1. The lowest BCUT2D eigenvalue weighted by molar-refractivity contribution is -0.143. The van der Waals surface area contributed by atoms with Gasteiger partial charge in [-0.05, 0) is 73.8 Å². The monoisotopic (exact) mass is 621 g/mol. The first-order valence-electron chi connectivity index (χ1n) is 15.8. The summed E-state index contributed by atoms with van der Waals surface area (Å²) in [5.74, 6) is 0.252. The lowest BCUT2D eigenvalue weighted by Crippen LogP contribution is -2.53. The highest BCUT2D eigenvalue weighted by Crippen LogP contribution is 2.40. The molecule has 9 heteroatoms. The first-order chi connectivity index (χ1) is 21.9. The molecule has 3 atom stereocenters. The first kappa shape index (κ1) is 29.6. The number of likely N-dealkylation sites (tertiary alicyclic amines) is 1. The third-order valence-electron chi connectivity index (χ3n) is 9.74. The zero-order chi connectivity index (χ0) is 31.0. The Balaban J connectivity index is 1.07. The van der Waals surface area contributed by atoms with Crippen molar-refractivity contribution in [2.75, 3.05) is 26.2 Å². The van der Waals surface area contributed by atoms with Gasteiger partial charge in [-0.1, -0.05) is 66.2 Å². The molecular weight excluding hydrogens is 582 g/mol. The Hall–Kier alpha value is -4.05. The molecule has 2 aliphatic rings. The normalized spacial score (nSPS) is 20.7. The fourth-order valence-electron chi connectivity index (χ4n) is 7.23. The number of rotatable bonds is 7. The fraction of sp³-hybridized carbons (Fsp3) is 0.361. The summed E-state index contributed by atoms with van der Waals surface area (Å²) in [5, 5.41) is 17.7. The summed E-state index contributed by atoms with van der Waals surface area (Å²) in [6, 6.07) is 25.1. The molecule has 3 aromatic heterocycles. The van der Waals surface area contributed by atoms with E-state index in [1.54, 1.807) is 11.3 Å². The van der Waals surface area contributed by atoms with Gasteiger partial charge in [-0.3, -0.25) is 14.2 Å². The van der Waals surface area contributed by atoms with Crippen LogP contribution in [0.2, 0.25) is 0 Å². The highest BCUT2D eigenvalue weighted by molar-refractivity contribution is 7.13. The predicted octanol–water partition coefficient (Wildman–Crippen LogP) is 5.17. The molecule has 1 unspecified atom stereocenters. The molecule has 0 aliphatic carbocycles. The van der Waals surface area contributed by atoms with E-state index in [1.807, 2.05) is 34.5 Å². The quantitative estimate of drug-likeness (QED) is 0.233. The van der Waals surface area contributed by atoms with E-state index >= 15 is 0 Å². The maximum Gasteiger partial charge on any atom is 0.262 e. The number of piperidine rings is 2. The Kier molecular flexibility index (Phi) is 8.16. The van der Waals surface area contributed by atoms with E-state index in [0.29, 0.717) is 37.0 Å². The number of carbonyl (C=O) groups excluding carboxylic acids is 1. The van der Waals surface area contributed by atoms with E-state index in [4.69, 9.17) is 0 Å². The number of fused-ring (bicyclic) bond motifs is 1. The largest absolute Gasteiger partial charge is 0.388 e. The molecule has 45 heavy (non-hydrogen) atoms. The predicted molar refractivity (Wildman–Crippen MR) is 178 cm³/mol. The minimum Gasteiger partial charge on any atom is -0.388 e. The van der Waals surface area contributed by atoms with Gasteiger partial charge in [-0.15, -0.1) is 11.3 Å². The lowest BCUT2D eigenvalue weighted by atomic mass is 9.71. The van der Waals surface area contributed by atoms with Crippen molar-refractivity contribution in [2.24, 2.45) is 11.8 Å². The summed E-state index contributed by atoms with van der Waals surface area (Å²) >= 11 is 1.60. The van der Waals surface area contributed by atoms with Crippen molar-refractivity contribution in [3.05, 3.63) is 112 Å². The van der Waals surface area contributed by atoms with E-state index in [2.05, 4.69) is 70.7 Å². The van der Waals surface area contributed by atoms with Crippen molar-refractivity contribution in [1.82, 2.24) is 24.8 Å². The molecule has 232 valence electrons. The molecule has 0 bridgehead atoms. The summed E-state index contributed by atoms with van der Waals surface area (Å²) in [5.41, 5.74) is 3.81. The van der Waals surface area contributed by atoms with E-state index < -0.39 is 5.60 Å². The Labute approximate surface area is 266 Å². The van der Waals surface area contributed by atoms with Gasteiger partial charge in [0.1, 0.15) is 5.65 Å². The number of hydrogen-bond acceptors (Lipinski definition) is 6. The fourth-order valence-corrected chi connectivity index (χ4v) is 7.93. The molecule has 2 aliphatic heterocycles. The van der Waals surface area contributed by atoms with E-state index in [-0.39, 0.29) is 35.8 Å². The van der Waals surface area contributed by atoms with Crippen LogP contribution in [0.4, 0.5) is 0 Å². The van der Waals surface area contributed by atoms with Crippen molar-refractivity contribution < 1.29 is 9.90 Å². The molecule has 0 radical (unpaired) electrons. The van der Waals surface area contributed by atoms with Crippen LogP contribution in [0.25, 0.3) is 21.6 Å². The van der Waals surface area contributed by atoms with E-state index in [9.17, 15) is 14.7 Å². The summed E-state index contributed by atoms with van der Waals surface area (Å²) in [4.78, 5) is 38.3. The number of aryl methyl sites for hydroxylation is 1. The van der Waals surface area contributed by atoms with E-state index in [0.717, 1.165) is 30.1 Å². The molecule has 2 saturated heterocycles. The van der Waals surface area contributed by atoms with Crippen LogP contribution in [0.15, 0.2) is 89.3 Å². The Morgan fingerprint density at radius 3 is 2.56 bits per heavy atom. The van der Waals surface area contributed by atoms with Crippen molar-refractivity contribution in [3.8, 4) is 10.6 Å². The van der Waals surface area contributed by atoms with Crippen LogP contribution in [0.3, 0.4) is 0 Å². The zero-order valence-electron chi connectivity index (χ0n) is 25.5. The maximum atomic E-state index is 14.2. The number of nitrogens with one attached hydrogen (secondary N) is 2. The first-order valence-corrected chi connectivity index (χ1v) is 16.7. The van der Waals surface area contributed by atoms with Crippen LogP contribution in [-0.4, -0.2) is 62.2 Å². The Morgan fingerprint density at radius 1 is 1.07 bits per heavy atom. The Morgan fingerprint density at radius 2 is 1.82 bits per heavy atom. The number of aromatic amines is 1. The van der Waals surface area contributed by atoms with Gasteiger partial charge in [0.25, 0.3) is 5.56 Å². The van der Waals surface area contributed by atoms with Crippen molar-refractivity contribution in [2.45, 2.75) is 44.2 Å². The minimum atomic E-state index is -1.09. The summed E-state index contributed by atoms with van der Waals surface area (Å²) in [7, 11) is 0. The van der Waals surface area contributed by atoms with Crippen LogP contribution in [0.1, 0.15) is 41.9 Å². The SMILES string of the molecule is Cc1ccc(C(c2ccccc2)[C@H]2CNCC[C@H]2C(=O)N2CCC(O)(Cn3cnc4[nH]c(-c5cccs5)cc4c3=O)CC2)cc1. The van der Waals surface area contributed by atoms with Crippen molar-refractivity contribution in [3.63, 3.8) is 0 Å². The smallest absolute Gasteiger partial charge is 0.262 e. The number of benzene rings is 2.